The van der Waals surface area contributed by atoms with Gasteiger partial charge in [-0.15, -0.1) is 0 Å². The van der Waals surface area contributed by atoms with E-state index >= 15 is 0 Å². The summed E-state index contributed by atoms with van der Waals surface area (Å²) >= 11 is 0. The molecule has 1 aliphatic heterocycles. The monoisotopic (exact) mass is 276 g/mol. The van der Waals surface area contributed by atoms with Crippen LogP contribution >= 0.6 is 0 Å². The maximum Gasteiger partial charge on any atom is 0.241 e. The summed E-state index contributed by atoms with van der Waals surface area (Å²) in [4.78, 5) is 27.4. The second-order valence-corrected chi connectivity index (χ2v) is 5.07. The predicted molar refractivity (Wildman–Crippen MR) is 78.2 cm³/mol. The van der Waals surface area contributed by atoms with Crippen LogP contribution in [0.2, 0.25) is 0 Å². The number of carbonyl (C=O) groups excluding carboxylic acids is 2. The van der Waals surface area contributed by atoms with Gasteiger partial charge < -0.3 is 16.0 Å². The van der Waals surface area contributed by atoms with Crippen LogP contribution in [-0.4, -0.2) is 54.3 Å². The fourth-order valence-electron chi connectivity index (χ4n) is 2.09. The third kappa shape index (κ3) is 3.27. The van der Waals surface area contributed by atoms with Gasteiger partial charge in [-0.05, 0) is 31.2 Å². The van der Waals surface area contributed by atoms with Gasteiger partial charge in [0.2, 0.25) is 11.8 Å². The molecule has 0 aromatic heterocycles. The van der Waals surface area contributed by atoms with Gasteiger partial charge >= 0.3 is 0 Å². The van der Waals surface area contributed by atoms with Crippen molar-refractivity contribution in [1.29, 1.82) is 0 Å². The first-order valence-electron chi connectivity index (χ1n) is 6.62. The largest absolute Gasteiger partial charge is 0.399 e. The molecule has 1 atom stereocenters. The number of anilines is 2. The number of carbonyl (C=O) groups is 2. The molecule has 1 aliphatic rings. The van der Waals surface area contributed by atoms with E-state index < -0.39 is 0 Å². The number of nitrogen functional groups attached to an aromatic ring is 1. The van der Waals surface area contributed by atoms with E-state index in [9.17, 15) is 9.59 Å². The second kappa shape index (κ2) is 5.92. The highest BCUT2D eigenvalue weighted by atomic mass is 16.2. The third-order valence-corrected chi connectivity index (χ3v) is 3.59. The lowest BCUT2D eigenvalue weighted by molar-refractivity contribution is -0.136. The van der Waals surface area contributed by atoms with Crippen LogP contribution in [0.25, 0.3) is 0 Å². The van der Waals surface area contributed by atoms with Crippen LogP contribution in [0.4, 0.5) is 11.4 Å². The van der Waals surface area contributed by atoms with Gasteiger partial charge in [0.15, 0.2) is 0 Å². The average molecular weight is 276 g/mol. The molecule has 1 heterocycles. The van der Waals surface area contributed by atoms with E-state index in [0.29, 0.717) is 24.5 Å². The predicted octanol–water partition coefficient (Wildman–Crippen LogP) is 0.370. The third-order valence-electron chi connectivity index (χ3n) is 3.59. The van der Waals surface area contributed by atoms with Crippen molar-refractivity contribution < 1.29 is 9.59 Å². The Morgan fingerprint density at radius 1 is 1.30 bits per heavy atom. The lowest BCUT2D eigenvalue weighted by atomic mass is 10.2. The summed E-state index contributed by atoms with van der Waals surface area (Å²) in [5, 5.41) is 2.83. The number of amides is 2. The first-order valence-corrected chi connectivity index (χ1v) is 6.62. The van der Waals surface area contributed by atoms with Crippen LogP contribution in [0.15, 0.2) is 24.3 Å². The number of nitrogens with one attached hydrogen (secondary N) is 1. The summed E-state index contributed by atoms with van der Waals surface area (Å²) in [6.07, 6.45) is 0. The molecule has 1 saturated heterocycles. The number of benzene rings is 1. The molecule has 0 saturated carbocycles. The summed E-state index contributed by atoms with van der Waals surface area (Å²) in [6, 6.07) is 6.65. The Balaban J connectivity index is 1.95. The van der Waals surface area contributed by atoms with Crippen LogP contribution in [0.1, 0.15) is 6.92 Å². The van der Waals surface area contributed by atoms with Crippen molar-refractivity contribution in [2.24, 2.45) is 0 Å². The van der Waals surface area contributed by atoms with Gasteiger partial charge in [0.05, 0.1) is 12.6 Å². The molecule has 1 aromatic rings. The van der Waals surface area contributed by atoms with Crippen molar-refractivity contribution in [3.05, 3.63) is 24.3 Å². The van der Waals surface area contributed by atoms with Crippen LogP contribution in [0.3, 0.4) is 0 Å². The number of hydrogen-bond donors (Lipinski definition) is 2. The van der Waals surface area contributed by atoms with Crippen molar-refractivity contribution >= 4 is 23.2 Å². The first-order chi connectivity index (χ1) is 9.47. The molecule has 0 spiro atoms. The number of nitrogens with zero attached hydrogens (tertiary/aromatic N) is 2. The number of piperazine rings is 1. The Kier molecular flexibility index (Phi) is 4.24. The minimum absolute atomic E-state index is 0.0448. The zero-order valence-electron chi connectivity index (χ0n) is 11.8. The maximum atomic E-state index is 12.2. The van der Waals surface area contributed by atoms with Gasteiger partial charge in [0.1, 0.15) is 0 Å². The molecule has 2 rings (SSSR count). The second-order valence-electron chi connectivity index (χ2n) is 5.07. The van der Waals surface area contributed by atoms with Gasteiger partial charge in [-0.3, -0.25) is 14.5 Å². The van der Waals surface area contributed by atoms with Crippen LogP contribution < -0.4 is 11.1 Å². The Bertz CT molecular complexity index is 500. The maximum absolute atomic E-state index is 12.2. The lowest BCUT2D eigenvalue weighted by Gasteiger charge is -2.35. The lowest BCUT2D eigenvalue weighted by Crippen LogP contribution is -2.54. The molecule has 108 valence electrons. The van der Waals surface area contributed by atoms with Crippen LogP contribution in [-0.2, 0) is 9.59 Å². The minimum atomic E-state index is -0.342. The van der Waals surface area contributed by atoms with E-state index in [0.717, 1.165) is 0 Å². The summed E-state index contributed by atoms with van der Waals surface area (Å²) in [6.45, 7) is 3.45. The van der Waals surface area contributed by atoms with Gasteiger partial charge in [-0.25, -0.2) is 0 Å². The summed E-state index contributed by atoms with van der Waals surface area (Å²) in [5.74, 6) is -0.0736. The van der Waals surface area contributed by atoms with Crippen molar-refractivity contribution in [2.45, 2.75) is 13.0 Å². The smallest absolute Gasteiger partial charge is 0.241 e. The van der Waals surface area contributed by atoms with Crippen LogP contribution in [0, 0.1) is 0 Å². The number of nitrogens with two attached hydrogens (primary N) is 1. The summed E-state index contributed by atoms with van der Waals surface area (Å²) in [5.41, 5.74) is 6.96. The molecule has 1 unspecified atom stereocenters. The van der Waals surface area contributed by atoms with Crippen molar-refractivity contribution in [3.63, 3.8) is 0 Å². The van der Waals surface area contributed by atoms with Crippen molar-refractivity contribution in [3.8, 4) is 0 Å². The first kappa shape index (κ1) is 14.3. The van der Waals surface area contributed by atoms with Crippen LogP contribution in [0.5, 0.6) is 0 Å². The molecule has 6 heteroatoms. The molecule has 1 fully saturated rings. The van der Waals surface area contributed by atoms with E-state index in [1.807, 2.05) is 11.8 Å². The zero-order chi connectivity index (χ0) is 14.7. The van der Waals surface area contributed by atoms with E-state index in [4.69, 9.17) is 5.73 Å². The Hall–Kier alpha value is -2.08. The van der Waals surface area contributed by atoms with E-state index in [1.54, 1.807) is 36.2 Å². The van der Waals surface area contributed by atoms with Gasteiger partial charge in [0, 0.05) is 31.5 Å². The highest BCUT2D eigenvalue weighted by Gasteiger charge is 2.28. The molecule has 0 aliphatic carbocycles. The molecular formula is C14H20N4O2. The van der Waals surface area contributed by atoms with Gasteiger partial charge in [-0.2, -0.15) is 0 Å². The zero-order valence-corrected chi connectivity index (χ0v) is 11.8. The molecule has 3 N–H and O–H groups in total. The fraction of sp³-hybridized carbons (Fsp3) is 0.429. The average Bonchev–Trinajstić information content (AvgIpc) is 2.43. The molecule has 2 amide bonds. The number of likely N-dealkylation sites (N-methyl/N-ethyl adjacent to an activating group) is 1. The molecule has 0 radical (unpaired) electrons. The highest BCUT2D eigenvalue weighted by Crippen LogP contribution is 2.13. The summed E-state index contributed by atoms with van der Waals surface area (Å²) in [7, 11) is 1.78. The molecule has 20 heavy (non-hydrogen) atoms. The SMILES string of the molecule is CC(C(=O)Nc1ccc(N)cc1)N1CCN(C)C(=O)C1. The van der Waals surface area contributed by atoms with E-state index in [2.05, 4.69) is 5.32 Å². The standard InChI is InChI=1S/C14H20N4O2/c1-10(18-8-7-17(2)13(19)9-18)14(20)16-12-5-3-11(15)4-6-12/h3-6,10H,7-9,15H2,1-2H3,(H,16,20). The van der Waals surface area contributed by atoms with Crippen molar-refractivity contribution in [1.82, 2.24) is 9.80 Å². The van der Waals surface area contributed by atoms with Crippen molar-refractivity contribution in [2.75, 3.05) is 37.7 Å². The normalized spacial score (nSPS) is 17.9. The Morgan fingerprint density at radius 2 is 1.95 bits per heavy atom. The highest BCUT2D eigenvalue weighted by molar-refractivity contribution is 5.95. The molecule has 6 nitrogen and oxygen atoms in total. The van der Waals surface area contributed by atoms with E-state index in [-0.39, 0.29) is 24.4 Å². The molecule has 1 aromatic carbocycles. The van der Waals surface area contributed by atoms with E-state index in [1.165, 1.54) is 0 Å². The minimum Gasteiger partial charge on any atom is -0.399 e. The Morgan fingerprint density at radius 3 is 2.55 bits per heavy atom. The van der Waals surface area contributed by atoms with Gasteiger partial charge in [-0.1, -0.05) is 0 Å². The summed E-state index contributed by atoms with van der Waals surface area (Å²) < 4.78 is 0. The fourth-order valence-corrected chi connectivity index (χ4v) is 2.09. The quantitative estimate of drug-likeness (QED) is 0.782. The molecule has 0 bridgehead atoms. The van der Waals surface area contributed by atoms with Gasteiger partial charge in [0.25, 0.3) is 0 Å². The Labute approximate surface area is 118 Å². The molecular weight excluding hydrogens is 256 g/mol. The topological polar surface area (TPSA) is 78.7 Å². The number of rotatable bonds is 3. The number of hydrogen-bond acceptors (Lipinski definition) is 4.